The minimum absolute atomic E-state index is 0.110. The number of pyridine rings is 1. The van der Waals surface area contributed by atoms with Gasteiger partial charge in [-0.25, -0.2) is 4.98 Å². The Balaban J connectivity index is 1.46. The predicted octanol–water partition coefficient (Wildman–Crippen LogP) is 2.60. The summed E-state index contributed by atoms with van der Waals surface area (Å²) in [5.74, 6) is 0.541. The molecule has 0 aliphatic heterocycles. The van der Waals surface area contributed by atoms with Crippen molar-refractivity contribution in [2.75, 3.05) is 18.8 Å². The average molecular weight is 435 g/mol. The number of carbonyl (C=O) groups is 1. The topological polar surface area (TPSA) is 120 Å². The Kier molecular flexibility index (Phi) is 8.19. The van der Waals surface area contributed by atoms with Crippen molar-refractivity contribution in [2.45, 2.75) is 31.9 Å². The maximum absolute atomic E-state index is 12.5. The van der Waals surface area contributed by atoms with Crippen molar-refractivity contribution in [2.24, 2.45) is 0 Å². The number of nitrogens with one attached hydrogen (secondary N) is 2. The summed E-state index contributed by atoms with van der Waals surface area (Å²) in [7, 11) is 0. The number of nitrogens with two attached hydrogens (primary N) is 1. The molecule has 3 rings (SSSR count). The number of anilines is 1. The van der Waals surface area contributed by atoms with Crippen LogP contribution in [0, 0.1) is 0 Å². The summed E-state index contributed by atoms with van der Waals surface area (Å²) in [6.45, 7) is 2.95. The molecule has 2 atom stereocenters. The van der Waals surface area contributed by atoms with Gasteiger partial charge in [-0.3, -0.25) is 4.79 Å². The summed E-state index contributed by atoms with van der Waals surface area (Å²) in [6.07, 6.45) is 2.33. The van der Waals surface area contributed by atoms with E-state index < -0.39 is 6.10 Å². The number of phenols is 1. The third-order valence-electron chi connectivity index (χ3n) is 5.22. The van der Waals surface area contributed by atoms with Gasteiger partial charge in [0.15, 0.2) is 0 Å². The number of benzene rings is 2. The molecule has 7 heteroatoms. The highest BCUT2D eigenvalue weighted by Gasteiger charge is 2.12. The van der Waals surface area contributed by atoms with Crippen molar-refractivity contribution in [3.05, 3.63) is 89.1 Å². The Hall–Kier alpha value is -3.42. The number of aromatic nitrogens is 1. The van der Waals surface area contributed by atoms with E-state index in [0.29, 0.717) is 36.5 Å². The van der Waals surface area contributed by atoms with E-state index in [1.54, 1.807) is 36.5 Å². The van der Waals surface area contributed by atoms with Gasteiger partial charge < -0.3 is 26.6 Å². The van der Waals surface area contributed by atoms with Crippen LogP contribution in [0.1, 0.15) is 40.1 Å². The fraction of sp³-hybridized carbons (Fsp3) is 0.280. The number of hydrogen-bond donors (Lipinski definition) is 5. The molecule has 0 aliphatic carbocycles. The van der Waals surface area contributed by atoms with Crippen LogP contribution in [0.15, 0.2) is 66.9 Å². The molecule has 168 valence electrons. The van der Waals surface area contributed by atoms with Crippen LogP contribution < -0.4 is 16.4 Å². The van der Waals surface area contributed by atoms with E-state index >= 15 is 0 Å². The molecular formula is C25H30N4O3. The zero-order chi connectivity index (χ0) is 22.9. The number of nitrogens with zero attached hydrogens (tertiary/aromatic N) is 1. The SMILES string of the molecule is C[C@H](Cc1cccc(C(=O)NCCc2ccc(O)cc2)c1)NC[C@H](O)c1ccc(N)nc1. The summed E-state index contributed by atoms with van der Waals surface area (Å²) >= 11 is 0. The monoisotopic (exact) mass is 434 g/mol. The van der Waals surface area contributed by atoms with Gasteiger partial charge in [0, 0.05) is 36.5 Å². The fourth-order valence-corrected chi connectivity index (χ4v) is 3.39. The van der Waals surface area contributed by atoms with Crippen molar-refractivity contribution in [3.63, 3.8) is 0 Å². The quantitative estimate of drug-likeness (QED) is 0.335. The second-order valence-corrected chi connectivity index (χ2v) is 7.92. The number of aliphatic hydroxyl groups is 1. The van der Waals surface area contributed by atoms with Gasteiger partial charge in [0.25, 0.3) is 5.91 Å². The molecule has 0 saturated carbocycles. The second-order valence-electron chi connectivity index (χ2n) is 7.92. The van der Waals surface area contributed by atoms with Crippen molar-refractivity contribution >= 4 is 11.7 Å². The second kappa shape index (κ2) is 11.3. The number of aliphatic hydroxyl groups excluding tert-OH is 1. The first kappa shape index (κ1) is 23.2. The molecule has 0 radical (unpaired) electrons. The number of hydrogen-bond acceptors (Lipinski definition) is 6. The highest BCUT2D eigenvalue weighted by atomic mass is 16.3. The van der Waals surface area contributed by atoms with E-state index in [2.05, 4.69) is 15.6 Å². The minimum Gasteiger partial charge on any atom is -0.508 e. The molecule has 6 N–H and O–H groups in total. The largest absolute Gasteiger partial charge is 0.508 e. The average Bonchev–Trinajstić information content (AvgIpc) is 2.79. The van der Waals surface area contributed by atoms with E-state index in [9.17, 15) is 15.0 Å². The maximum Gasteiger partial charge on any atom is 0.251 e. The number of rotatable bonds is 10. The first-order valence-corrected chi connectivity index (χ1v) is 10.7. The van der Waals surface area contributed by atoms with Crippen LogP contribution in [0.3, 0.4) is 0 Å². The van der Waals surface area contributed by atoms with Crippen LogP contribution >= 0.6 is 0 Å². The third kappa shape index (κ3) is 7.08. The number of phenolic OH excluding ortho intramolecular Hbond substituents is 1. The number of nitrogen functional groups attached to an aromatic ring is 1. The van der Waals surface area contributed by atoms with Gasteiger partial charge in [-0.1, -0.05) is 30.3 Å². The first-order valence-electron chi connectivity index (χ1n) is 10.7. The highest BCUT2D eigenvalue weighted by molar-refractivity contribution is 5.94. The highest BCUT2D eigenvalue weighted by Crippen LogP contribution is 2.13. The molecule has 32 heavy (non-hydrogen) atoms. The van der Waals surface area contributed by atoms with Crippen LogP contribution in [-0.2, 0) is 12.8 Å². The van der Waals surface area contributed by atoms with Crippen molar-refractivity contribution in [1.29, 1.82) is 0 Å². The minimum atomic E-state index is -0.670. The summed E-state index contributed by atoms with van der Waals surface area (Å²) in [6, 6.07) is 18.1. The zero-order valence-corrected chi connectivity index (χ0v) is 18.2. The maximum atomic E-state index is 12.5. The molecule has 0 bridgehead atoms. The van der Waals surface area contributed by atoms with Crippen molar-refractivity contribution < 1.29 is 15.0 Å². The lowest BCUT2D eigenvalue weighted by atomic mass is 10.0. The van der Waals surface area contributed by atoms with Gasteiger partial charge in [0.2, 0.25) is 0 Å². The molecule has 0 saturated heterocycles. The first-order chi connectivity index (χ1) is 15.4. The lowest BCUT2D eigenvalue weighted by Crippen LogP contribution is -2.32. The van der Waals surface area contributed by atoms with Crippen LogP contribution in [0.2, 0.25) is 0 Å². The van der Waals surface area contributed by atoms with Gasteiger partial charge in [0.05, 0.1) is 6.10 Å². The molecule has 0 aliphatic rings. The Bertz CT molecular complexity index is 1010. The molecule has 1 aromatic heterocycles. The number of aromatic hydroxyl groups is 1. The summed E-state index contributed by atoms with van der Waals surface area (Å²) in [5.41, 5.74) is 9.00. The van der Waals surface area contributed by atoms with Crippen LogP contribution in [0.25, 0.3) is 0 Å². The number of amides is 1. The Morgan fingerprint density at radius 3 is 2.59 bits per heavy atom. The molecule has 7 nitrogen and oxygen atoms in total. The molecule has 2 aromatic carbocycles. The lowest BCUT2D eigenvalue weighted by molar-refractivity contribution is 0.0954. The standard InChI is InChI=1S/C25H30N4O3/c1-17(28-16-23(31)21-7-10-24(26)29-15-21)13-19-3-2-4-20(14-19)25(32)27-12-11-18-5-8-22(30)9-6-18/h2-10,14-15,17,23,28,30-31H,11-13,16H2,1H3,(H2,26,29)(H,27,32)/t17-,23+/m1/s1. The van der Waals surface area contributed by atoms with E-state index in [4.69, 9.17) is 5.73 Å². The third-order valence-corrected chi connectivity index (χ3v) is 5.22. The molecule has 1 amide bonds. The Morgan fingerprint density at radius 2 is 1.88 bits per heavy atom. The van der Waals surface area contributed by atoms with Crippen LogP contribution in [0.5, 0.6) is 5.75 Å². The molecule has 3 aromatic rings. The fourth-order valence-electron chi connectivity index (χ4n) is 3.39. The van der Waals surface area contributed by atoms with E-state index in [1.165, 1.54) is 0 Å². The molecular weight excluding hydrogens is 404 g/mol. The summed E-state index contributed by atoms with van der Waals surface area (Å²) in [5, 5.41) is 25.9. The normalized spacial score (nSPS) is 12.8. The van der Waals surface area contributed by atoms with Crippen molar-refractivity contribution in [3.8, 4) is 5.75 Å². The van der Waals surface area contributed by atoms with Gasteiger partial charge in [0.1, 0.15) is 11.6 Å². The van der Waals surface area contributed by atoms with Crippen molar-refractivity contribution in [1.82, 2.24) is 15.6 Å². The summed E-state index contributed by atoms with van der Waals surface area (Å²) < 4.78 is 0. The van der Waals surface area contributed by atoms with Gasteiger partial charge in [-0.15, -0.1) is 0 Å². The molecule has 0 fully saturated rings. The lowest BCUT2D eigenvalue weighted by Gasteiger charge is -2.18. The predicted molar refractivity (Wildman–Crippen MR) is 125 cm³/mol. The Labute approximate surface area is 188 Å². The number of carbonyl (C=O) groups excluding carboxylic acids is 1. The van der Waals surface area contributed by atoms with Gasteiger partial charge in [-0.05, 0) is 61.2 Å². The van der Waals surface area contributed by atoms with E-state index in [0.717, 1.165) is 17.5 Å². The molecule has 0 unspecified atom stereocenters. The molecule has 1 heterocycles. The van der Waals surface area contributed by atoms with Crippen LogP contribution in [-0.4, -0.2) is 40.2 Å². The van der Waals surface area contributed by atoms with E-state index in [-0.39, 0.29) is 17.7 Å². The van der Waals surface area contributed by atoms with Gasteiger partial charge in [-0.2, -0.15) is 0 Å². The Morgan fingerprint density at radius 1 is 1.09 bits per heavy atom. The van der Waals surface area contributed by atoms with Gasteiger partial charge >= 0.3 is 0 Å². The van der Waals surface area contributed by atoms with E-state index in [1.807, 2.05) is 37.3 Å². The molecule has 0 spiro atoms. The summed E-state index contributed by atoms with van der Waals surface area (Å²) in [4.78, 5) is 16.5. The van der Waals surface area contributed by atoms with Crippen LogP contribution in [0.4, 0.5) is 5.82 Å². The smallest absolute Gasteiger partial charge is 0.251 e. The zero-order valence-electron chi connectivity index (χ0n) is 18.2.